The van der Waals surface area contributed by atoms with Crippen LogP contribution in [0, 0.1) is 5.92 Å². The van der Waals surface area contributed by atoms with Gasteiger partial charge in [0.05, 0.1) is 30.1 Å². The van der Waals surface area contributed by atoms with E-state index in [2.05, 4.69) is 29.0 Å². The Morgan fingerprint density at radius 2 is 2.24 bits per heavy atom. The van der Waals surface area contributed by atoms with E-state index in [0.29, 0.717) is 25.4 Å². The monoisotopic (exact) mass is 344 g/mol. The number of fused-ring (bicyclic) bond motifs is 1. The van der Waals surface area contributed by atoms with Crippen LogP contribution in [0.4, 0.5) is 0 Å². The zero-order valence-corrected chi connectivity index (χ0v) is 15.1. The van der Waals surface area contributed by atoms with E-state index in [9.17, 15) is 4.79 Å². The minimum absolute atomic E-state index is 0.0577. The van der Waals surface area contributed by atoms with Gasteiger partial charge < -0.3 is 14.6 Å². The van der Waals surface area contributed by atoms with E-state index in [4.69, 9.17) is 4.74 Å². The predicted molar refractivity (Wildman–Crippen MR) is 98.4 cm³/mol. The topological polar surface area (TPSA) is 59.4 Å². The van der Waals surface area contributed by atoms with Crippen molar-refractivity contribution < 1.29 is 9.53 Å². The number of carbonyl (C=O) groups excluding carboxylic acids is 1. The lowest BCUT2D eigenvalue weighted by Gasteiger charge is -2.33. The summed E-state index contributed by atoms with van der Waals surface area (Å²) in [5.41, 5.74) is 2.03. The van der Waals surface area contributed by atoms with Gasteiger partial charge in [0.1, 0.15) is 0 Å². The summed E-state index contributed by atoms with van der Waals surface area (Å²) in [5.74, 6) is 0.709. The molecule has 1 N–H and O–H groups in total. The summed E-state index contributed by atoms with van der Waals surface area (Å²) >= 11 is 0. The van der Waals surface area contributed by atoms with Gasteiger partial charge in [0, 0.05) is 39.1 Å². The normalized spacial score (nSPS) is 18.8. The van der Waals surface area contributed by atoms with Gasteiger partial charge in [0.25, 0.3) is 0 Å². The van der Waals surface area contributed by atoms with Crippen LogP contribution in [0.25, 0.3) is 11.0 Å². The van der Waals surface area contributed by atoms with Gasteiger partial charge in [-0.05, 0) is 18.1 Å². The standard InChI is InChI=1S/C19H28N4O2/c1-15(2)12-22-9-10-25-16(13-22)11-20-19(24)7-8-23-14-21-17-5-3-4-6-18(17)23/h3-6,14-16H,7-13H2,1-2H3,(H,20,24). The molecule has 3 rings (SSSR count). The maximum Gasteiger partial charge on any atom is 0.221 e. The molecule has 1 unspecified atom stereocenters. The molecule has 0 radical (unpaired) electrons. The smallest absolute Gasteiger partial charge is 0.221 e. The van der Waals surface area contributed by atoms with Crippen LogP contribution in [-0.4, -0.2) is 59.2 Å². The number of benzene rings is 1. The fraction of sp³-hybridized carbons (Fsp3) is 0.579. The number of morpholine rings is 1. The van der Waals surface area contributed by atoms with Crippen LogP contribution in [0.2, 0.25) is 0 Å². The molecular weight excluding hydrogens is 316 g/mol. The molecule has 0 bridgehead atoms. The first-order valence-corrected chi connectivity index (χ1v) is 9.12. The molecule has 2 aromatic rings. The Morgan fingerprint density at radius 3 is 3.08 bits per heavy atom. The molecule has 1 aromatic carbocycles. The van der Waals surface area contributed by atoms with Crippen molar-refractivity contribution in [2.75, 3.05) is 32.8 Å². The SMILES string of the molecule is CC(C)CN1CCOC(CNC(=O)CCn2cnc3ccccc32)C1. The van der Waals surface area contributed by atoms with Gasteiger partial charge in [-0.1, -0.05) is 26.0 Å². The summed E-state index contributed by atoms with van der Waals surface area (Å²) in [6, 6.07) is 7.97. The molecule has 25 heavy (non-hydrogen) atoms. The van der Waals surface area contributed by atoms with Crippen molar-refractivity contribution in [3.8, 4) is 0 Å². The fourth-order valence-electron chi connectivity index (χ4n) is 3.31. The van der Waals surface area contributed by atoms with Crippen LogP contribution in [0.5, 0.6) is 0 Å². The van der Waals surface area contributed by atoms with E-state index in [1.165, 1.54) is 0 Å². The molecule has 2 heterocycles. The van der Waals surface area contributed by atoms with Crippen molar-refractivity contribution in [2.24, 2.45) is 5.92 Å². The highest BCUT2D eigenvalue weighted by atomic mass is 16.5. The number of aromatic nitrogens is 2. The zero-order chi connectivity index (χ0) is 17.6. The number of ether oxygens (including phenoxy) is 1. The third-order valence-corrected chi connectivity index (χ3v) is 4.48. The Balaban J connectivity index is 1.42. The second kappa shape index (κ2) is 8.45. The lowest BCUT2D eigenvalue weighted by atomic mass is 10.2. The average Bonchev–Trinajstić information content (AvgIpc) is 3.01. The van der Waals surface area contributed by atoms with E-state index in [0.717, 1.165) is 37.3 Å². The first-order valence-electron chi connectivity index (χ1n) is 9.12. The van der Waals surface area contributed by atoms with Crippen molar-refractivity contribution in [2.45, 2.75) is 32.9 Å². The maximum atomic E-state index is 12.2. The first-order chi connectivity index (χ1) is 12.1. The molecule has 1 fully saturated rings. The van der Waals surface area contributed by atoms with Gasteiger partial charge >= 0.3 is 0 Å². The minimum Gasteiger partial charge on any atom is -0.374 e. The van der Waals surface area contributed by atoms with Gasteiger partial charge in [0.2, 0.25) is 5.91 Å². The Labute approximate surface area is 149 Å². The van der Waals surface area contributed by atoms with E-state index in [-0.39, 0.29) is 12.0 Å². The molecule has 1 aliphatic heterocycles. The molecule has 1 atom stereocenters. The zero-order valence-electron chi connectivity index (χ0n) is 15.1. The second-order valence-corrected chi connectivity index (χ2v) is 7.13. The van der Waals surface area contributed by atoms with Gasteiger partial charge in [-0.3, -0.25) is 9.69 Å². The molecule has 0 aliphatic carbocycles. The predicted octanol–water partition coefficient (Wildman–Crippen LogP) is 1.90. The highest BCUT2D eigenvalue weighted by molar-refractivity contribution is 5.77. The van der Waals surface area contributed by atoms with Gasteiger partial charge in [-0.2, -0.15) is 0 Å². The maximum absolute atomic E-state index is 12.2. The highest BCUT2D eigenvalue weighted by Gasteiger charge is 2.21. The summed E-state index contributed by atoms with van der Waals surface area (Å²) in [6.07, 6.45) is 2.33. The lowest BCUT2D eigenvalue weighted by molar-refractivity contribution is -0.122. The summed E-state index contributed by atoms with van der Waals surface area (Å²) in [5, 5.41) is 3.01. The van der Waals surface area contributed by atoms with Crippen molar-refractivity contribution >= 4 is 16.9 Å². The molecule has 1 aromatic heterocycles. The van der Waals surface area contributed by atoms with Crippen molar-refractivity contribution in [3.05, 3.63) is 30.6 Å². The first kappa shape index (κ1) is 17.9. The number of nitrogens with zero attached hydrogens (tertiary/aromatic N) is 3. The molecule has 1 saturated heterocycles. The van der Waals surface area contributed by atoms with Crippen molar-refractivity contribution in [1.29, 1.82) is 0 Å². The number of aryl methyl sites for hydroxylation is 1. The van der Waals surface area contributed by atoms with Crippen molar-refractivity contribution in [1.82, 2.24) is 19.8 Å². The number of imidazole rings is 1. The van der Waals surface area contributed by atoms with Crippen LogP contribution in [0.15, 0.2) is 30.6 Å². The summed E-state index contributed by atoms with van der Waals surface area (Å²) < 4.78 is 7.80. The number of hydrogen-bond donors (Lipinski definition) is 1. The average molecular weight is 344 g/mol. The summed E-state index contributed by atoms with van der Waals surface area (Å²) in [4.78, 5) is 18.9. The van der Waals surface area contributed by atoms with Crippen molar-refractivity contribution in [3.63, 3.8) is 0 Å². The second-order valence-electron chi connectivity index (χ2n) is 7.13. The number of rotatable bonds is 7. The Kier molecular flexibility index (Phi) is 6.04. The molecule has 136 valence electrons. The molecule has 1 aliphatic rings. The Bertz CT molecular complexity index is 698. The number of amides is 1. The van der Waals surface area contributed by atoms with Gasteiger partial charge in [-0.25, -0.2) is 4.98 Å². The van der Waals surface area contributed by atoms with Gasteiger partial charge in [-0.15, -0.1) is 0 Å². The highest BCUT2D eigenvalue weighted by Crippen LogP contribution is 2.12. The largest absolute Gasteiger partial charge is 0.374 e. The van der Waals surface area contributed by atoms with E-state index < -0.39 is 0 Å². The Morgan fingerprint density at radius 1 is 1.40 bits per heavy atom. The van der Waals surface area contributed by atoms with E-state index in [1.807, 2.05) is 28.8 Å². The lowest BCUT2D eigenvalue weighted by Crippen LogP contribution is -2.48. The molecule has 6 nitrogen and oxygen atoms in total. The molecule has 0 spiro atoms. The van der Waals surface area contributed by atoms with Crippen LogP contribution in [0.1, 0.15) is 20.3 Å². The molecule has 6 heteroatoms. The van der Waals surface area contributed by atoms with Crippen LogP contribution >= 0.6 is 0 Å². The van der Waals surface area contributed by atoms with Crippen LogP contribution in [-0.2, 0) is 16.1 Å². The van der Waals surface area contributed by atoms with Crippen LogP contribution in [0.3, 0.4) is 0 Å². The quantitative estimate of drug-likeness (QED) is 0.833. The molecule has 1 amide bonds. The van der Waals surface area contributed by atoms with Crippen LogP contribution < -0.4 is 5.32 Å². The third-order valence-electron chi connectivity index (χ3n) is 4.48. The summed E-state index contributed by atoms with van der Waals surface area (Å²) in [6.45, 7) is 9.38. The number of carbonyl (C=O) groups is 1. The Hall–Kier alpha value is -1.92. The summed E-state index contributed by atoms with van der Waals surface area (Å²) in [7, 11) is 0. The number of para-hydroxylation sites is 2. The van der Waals surface area contributed by atoms with E-state index in [1.54, 1.807) is 6.33 Å². The number of hydrogen-bond acceptors (Lipinski definition) is 4. The number of nitrogens with one attached hydrogen (secondary N) is 1. The third kappa shape index (κ3) is 5.03. The molecule has 0 saturated carbocycles. The minimum atomic E-state index is 0.0577. The van der Waals surface area contributed by atoms with E-state index >= 15 is 0 Å². The fourth-order valence-corrected chi connectivity index (χ4v) is 3.31. The molecular formula is C19H28N4O2. The van der Waals surface area contributed by atoms with Gasteiger partial charge in [0.15, 0.2) is 0 Å².